The predicted molar refractivity (Wildman–Crippen MR) is 286 cm³/mol. The van der Waals surface area contributed by atoms with Crippen LogP contribution in [0.25, 0.3) is 0 Å². The van der Waals surface area contributed by atoms with Crippen LogP contribution in [0.1, 0.15) is 316 Å². The minimum atomic E-state index is -1.55. The van der Waals surface area contributed by atoms with E-state index in [1.165, 1.54) is 250 Å². The van der Waals surface area contributed by atoms with Crippen molar-refractivity contribution >= 4 is 5.91 Å². The van der Waals surface area contributed by atoms with Gasteiger partial charge >= 0.3 is 0 Å². The molecule has 0 bridgehead atoms. The molecule has 1 amide bonds. The molecule has 68 heavy (non-hydrogen) atoms. The van der Waals surface area contributed by atoms with Crippen LogP contribution in [0.5, 0.6) is 0 Å². The highest BCUT2D eigenvalue weighted by Crippen LogP contribution is 2.24. The summed E-state index contributed by atoms with van der Waals surface area (Å²) in [6.07, 6.45) is 53.0. The first-order valence-corrected chi connectivity index (χ1v) is 30.2. The highest BCUT2D eigenvalue weighted by atomic mass is 16.7. The van der Waals surface area contributed by atoms with Crippen LogP contribution in [-0.2, 0) is 14.3 Å². The van der Waals surface area contributed by atoms with Gasteiger partial charge in [-0.3, -0.25) is 4.79 Å². The molecule has 1 aliphatic heterocycles. The summed E-state index contributed by atoms with van der Waals surface area (Å²) in [6.45, 7) is 3.88. The van der Waals surface area contributed by atoms with E-state index < -0.39 is 49.5 Å². The molecule has 1 fully saturated rings. The highest BCUT2D eigenvalue weighted by Gasteiger charge is 2.44. The van der Waals surface area contributed by atoms with Crippen LogP contribution in [0, 0.1) is 0 Å². The van der Waals surface area contributed by atoms with Gasteiger partial charge in [0.2, 0.25) is 5.91 Å². The summed E-state index contributed by atoms with van der Waals surface area (Å²) in [4.78, 5) is 13.0. The first-order chi connectivity index (χ1) is 33.3. The Labute approximate surface area is 421 Å². The molecule has 1 saturated heterocycles. The van der Waals surface area contributed by atoms with Crippen LogP contribution in [-0.4, -0.2) is 87.5 Å². The topological polar surface area (TPSA) is 149 Å². The first kappa shape index (κ1) is 65.2. The predicted octanol–water partition coefficient (Wildman–Crippen LogP) is 15.0. The van der Waals surface area contributed by atoms with Crippen LogP contribution in [0.4, 0.5) is 0 Å². The third kappa shape index (κ3) is 38.8. The second kappa shape index (κ2) is 49.8. The van der Waals surface area contributed by atoms with E-state index >= 15 is 0 Å². The molecule has 0 aliphatic carbocycles. The maximum atomic E-state index is 13.0. The van der Waals surface area contributed by atoms with E-state index in [4.69, 9.17) is 9.47 Å². The number of hydrogen-bond acceptors (Lipinski definition) is 8. The van der Waals surface area contributed by atoms with E-state index in [0.717, 1.165) is 38.5 Å². The average Bonchev–Trinajstić information content (AvgIpc) is 3.34. The lowest BCUT2D eigenvalue weighted by Crippen LogP contribution is -2.60. The number of unbranched alkanes of at least 4 members (excludes halogenated alkanes) is 43. The Morgan fingerprint density at radius 3 is 1.04 bits per heavy atom. The van der Waals surface area contributed by atoms with Crippen molar-refractivity contribution in [3.05, 3.63) is 0 Å². The molecule has 1 rings (SSSR count). The van der Waals surface area contributed by atoms with Crippen molar-refractivity contribution in [2.24, 2.45) is 0 Å². The Bertz CT molecular complexity index is 1030. The van der Waals surface area contributed by atoms with Gasteiger partial charge < -0.3 is 40.3 Å². The number of nitrogens with one attached hydrogen (secondary N) is 1. The Hall–Kier alpha value is -0.810. The number of ether oxygens (including phenoxy) is 2. The SMILES string of the molecule is CCCCCCCCCCCCCCCCCCCCCCCCCCCCCCCCCC(O)C(COC1OC(CO)C(O)C(O)C1O)NC(=O)CCCCCCCCCCCCCCCC. The van der Waals surface area contributed by atoms with E-state index in [9.17, 15) is 30.3 Å². The summed E-state index contributed by atoms with van der Waals surface area (Å²) in [6, 6.07) is -0.713. The fourth-order valence-corrected chi connectivity index (χ4v) is 10.2. The fourth-order valence-electron chi connectivity index (χ4n) is 10.2. The molecule has 6 N–H and O–H groups in total. The van der Waals surface area contributed by atoms with Crippen molar-refractivity contribution in [3.8, 4) is 0 Å². The number of carbonyl (C=O) groups excluding carboxylic acids is 1. The number of amides is 1. The summed E-state index contributed by atoms with van der Waals surface area (Å²) in [5, 5.41) is 54.7. The van der Waals surface area contributed by atoms with Crippen molar-refractivity contribution in [2.75, 3.05) is 13.2 Å². The van der Waals surface area contributed by atoms with Gasteiger partial charge in [-0.2, -0.15) is 0 Å². The minimum Gasteiger partial charge on any atom is -0.394 e. The number of aliphatic hydroxyl groups excluding tert-OH is 5. The lowest BCUT2D eigenvalue weighted by Gasteiger charge is -2.40. The number of aliphatic hydroxyl groups is 5. The molecule has 406 valence electrons. The summed E-state index contributed by atoms with van der Waals surface area (Å²) >= 11 is 0. The third-order valence-electron chi connectivity index (χ3n) is 15.0. The van der Waals surface area contributed by atoms with E-state index in [1.54, 1.807) is 0 Å². The number of rotatable bonds is 53. The van der Waals surface area contributed by atoms with Gasteiger partial charge in [-0.05, 0) is 12.8 Å². The molecule has 1 heterocycles. The molecular formula is C59H117NO8. The van der Waals surface area contributed by atoms with Crippen molar-refractivity contribution in [3.63, 3.8) is 0 Å². The molecule has 9 heteroatoms. The van der Waals surface area contributed by atoms with E-state index in [2.05, 4.69) is 19.2 Å². The average molecular weight is 969 g/mol. The molecule has 0 radical (unpaired) electrons. The van der Waals surface area contributed by atoms with Crippen LogP contribution < -0.4 is 5.32 Å². The van der Waals surface area contributed by atoms with Gasteiger partial charge in [0.05, 0.1) is 25.4 Å². The molecule has 7 unspecified atom stereocenters. The Kier molecular flexibility index (Phi) is 47.7. The zero-order chi connectivity index (χ0) is 49.4. The van der Waals surface area contributed by atoms with Crippen molar-refractivity contribution in [1.82, 2.24) is 5.32 Å². The first-order valence-electron chi connectivity index (χ1n) is 30.2. The highest BCUT2D eigenvalue weighted by molar-refractivity contribution is 5.76. The summed E-state index contributed by atoms with van der Waals surface area (Å²) in [5.41, 5.74) is 0. The summed E-state index contributed by atoms with van der Waals surface area (Å²) in [5.74, 6) is -0.138. The van der Waals surface area contributed by atoms with Crippen molar-refractivity contribution in [2.45, 2.75) is 358 Å². The molecule has 0 aromatic carbocycles. The maximum absolute atomic E-state index is 13.0. The molecule has 0 saturated carbocycles. The van der Waals surface area contributed by atoms with Crippen molar-refractivity contribution in [1.29, 1.82) is 0 Å². The standard InChI is InChI=1S/C59H117NO8/c1-3-5-7-9-11-13-15-17-19-20-21-22-23-24-25-26-27-28-29-30-31-32-33-34-35-36-38-40-42-44-46-48-53(62)52(51-67-59-58(66)57(65)56(64)54(50-61)68-59)60-55(63)49-47-45-43-41-39-37-18-16-14-12-10-8-6-4-2/h52-54,56-59,61-62,64-66H,3-51H2,1-2H3,(H,60,63). The zero-order valence-electron chi connectivity index (χ0n) is 45.2. The van der Waals surface area contributed by atoms with Crippen LogP contribution in [0.2, 0.25) is 0 Å². The number of carbonyl (C=O) groups is 1. The number of hydrogen-bond donors (Lipinski definition) is 6. The van der Waals surface area contributed by atoms with Gasteiger partial charge in [0.1, 0.15) is 24.4 Å². The monoisotopic (exact) mass is 968 g/mol. The molecule has 1 aliphatic rings. The lowest BCUT2D eigenvalue weighted by atomic mass is 9.99. The van der Waals surface area contributed by atoms with E-state index in [0.29, 0.717) is 12.8 Å². The largest absolute Gasteiger partial charge is 0.394 e. The van der Waals surface area contributed by atoms with Crippen LogP contribution >= 0.6 is 0 Å². The van der Waals surface area contributed by atoms with Crippen LogP contribution in [0.15, 0.2) is 0 Å². The molecule has 0 aromatic rings. The van der Waals surface area contributed by atoms with E-state index in [1.807, 2.05) is 0 Å². The van der Waals surface area contributed by atoms with Gasteiger partial charge in [0.25, 0.3) is 0 Å². The Balaban J connectivity index is 2.10. The molecular weight excluding hydrogens is 851 g/mol. The lowest BCUT2D eigenvalue weighted by molar-refractivity contribution is -0.302. The molecule has 9 nitrogen and oxygen atoms in total. The molecule has 0 spiro atoms. The van der Waals surface area contributed by atoms with Gasteiger partial charge in [0.15, 0.2) is 6.29 Å². The van der Waals surface area contributed by atoms with E-state index in [-0.39, 0.29) is 12.5 Å². The van der Waals surface area contributed by atoms with Gasteiger partial charge in [-0.1, -0.05) is 296 Å². The second-order valence-corrected chi connectivity index (χ2v) is 21.5. The second-order valence-electron chi connectivity index (χ2n) is 21.5. The van der Waals surface area contributed by atoms with Gasteiger partial charge in [0, 0.05) is 6.42 Å². The Morgan fingerprint density at radius 1 is 0.441 bits per heavy atom. The fraction of sp³-hybridized carbons (Fsp3) is 0.983. The smallest absolute Gasteiger partial charge is 0.220 e. The van der Waals surface area contributed by atoms with Gasteiger partial charge in [-0.15, -0.1) is 0 Å². The zero-order valence-corrected chi connectivity index (χ0v) is 45.2. The summed E-state index contributed by atoms with van der Waals surface area (Å²) < 4.78 is 11.3. The summed E-state index contributed by atoms with van der Waals surface area (Å²) in [7, 11) is 0. The van der Waals surface area contributed by atoms with Crippen molar-refractivity contribution < 1.29 is 39.8 Å². The quantitative estimate of drug-likeness (QED) is 0.0330. The minimum absolute atomic E-state index is 0.131. The molecule has 7 atom stereocenters. The Morgan fingerprint density at radius 2 is 0.735 bits per heavy atom. The van der Waals surface area contributed by atoms with Gasteiger partial charge in [-0.25, -0.2) is 0 Å². The third-order valence-corrected chi connectivity index (χ3v) is 15.0. The normalized spacial score (nSPS) is 19.4. The maximum Gasteiger partial charge on any atom is 0.220 e. The molecule has 0 aromatic heterocycles. The van der Waals surface area contributed by atoms with Crippen LogP contribution in [0.3, 0.4) is 0 Å².